The van der Waals surface area contributed by atoms with Crippen molar-refractivity contribution in [3.63, 3.8) is 0 Å². The summed E-state index contributed by atoms with van der Waals surface area (Å²) in [5.74, 6) is 0.607. The van der Waals surface area contributed by atoms with Crippen molar-refractivity contribution in [1.29, 1.82) is 0 Å². The summed E-state index contributed by atoms with van der Waals surface area (Å²) >= 11 is 0. The Kier molecular flexibility index (Phi) is 4.14. The lowest BCUT2D eigenvalue weighted by atomic mass is 10.0. The van der Waals surface area contributed by atoms with Gasteiger partial charge in [-0.2, -0.15) is 0 Å². The zero-order valence-electron chi connectivity index (χ0n) is 13.2. The predicted molar refractivity (Wildman–Crippen MR) is 84.3 cm³/mol. The number of likely N-dealkylation sites (N-methyl/N-ethyl adjacent to an activating group) is 1. The van der Waals surface area contributed by atoms with E-state index in [2.05, 4.69) is 4.98 Å². The molecular formula is C17H19N3O3. The molecule has 1 aliphatic heterocycles. The number of ketones is 1. The number of amides is 1. The molecule has 120 valence electrons. The van der Waals surface area contributed by atoms with Gasteiger partial charge in [0.15, 0.2) is 5.78 Å². The Morgan fingerprint density at radius 2 is 2.22 bits per heavy atom. The first-order chi connectivity index (χ1) is 11.1. The van der Waals surface area contributed by atoms with Gasteiger partial charge in [-0.25, -0.2) is 4.98 Å². The van der Waals surface area contributed by atoms with Gasteiger partial charge in [-0.3, -0.25) is 9.59 Å². The van der Waals surface area contributed by atoms with Crippen LogP contribution in [0.2, 0.25) is 0 Å². The van der Waals surface area contributed by atoms with Gasteiger partial charge in [-0.15, -0.1) is 0 Å². The summed E-state index contributed by atoms with van der Waals surface area (Å²) in [5, 5.41) is 0. The maximum atomic E-state index is 12.8. The highest BCUT2D eigenvalue weighted by atomic mass is 16.5. The fourth-order valence-electron chi connectivity index (χ4n) is 2.91. The van der Waals surface area contributed by atoms with Crippen molar-refractivity contribution in [2.45, 2.75) is 25.4 Å². The van der Waals surface area contributed by atoms with Crippen LogP contribution in [-0.2, 0) is 11.3 Å². The maximum Gasteiger partial charge on any atom is 0.245 e. The molecule has 0 aliphatic carbocycles. The molecule has 0 bridgehead atoms. The Balaban J connectivity index is 1.76. The molecule has 1 unspecified atom stereocenters. The number of hydrogen-bond donors (Lipinski definition) is 0. The van der Waals surface area contributed by atoms with E-state index in [0.717, 1.165) is 5.69 Å². The molecule has 23 heavy (non-hydrogen) atoms. The molecule has 0 saturated heterocycles. The first-order valence-corrected chi connectivity index (χ1v) is 7.55. The van der Waals surface area contributed by atoms with E-state index in [-0.39, 0.29) is 17.7 Å². The van der Waals surface area contributed by atoms with Gasteiger partial charge < -0.3 is 14.2 Å². The Hall–Kier alpha value is -2.63. The minimum absolute atomic E-state index is 0.0143. The first-order valence-electron chi connectivity index (χ1n) is 7.55. The Labute approximate surface area is 134 Å². The van der Waals surface area contributed by atoms with E-state index in [4.69, 9.17) is 4.74 Å². The highest BCUT2D eigenvalue weighted by Gasteiger charge is 2.31. The summed E-state index contributed by atoms with van der Waals surface area (Å²) in [4.78, 5) is 30.6. The van der Waals surface area contributed by atoms with E-state index in [1.165, 1.54) is 0 Å². The molecule has 3 heterocycles. The largest absolute Gasteiger partial charge is 0.481 e. The molecule has 0 saturated carbocycles. The molecule has 0 spiro atoms. The fraction of sp³-hybridized carbons (Fsp3) is 0.353. The standard InChI is InChI=1S/C17H19N3O3/c1-19(11-12-5-3-7-16(18-12)23-2)17(22)14-8-9-15(21)13-6-4-10-20(13)14/h3-7,10,14H,8-9,11H2,1-2H3. The molecule has 1 amide bonds. The van der Waals surface area contributed by atoms with E-state index in [9.17, 15) is 9.59 Å². The van der Waals surface area contributed by atoms with Crippen molar-refractivity contribution >= 4 is 11.7 Å². The second-order valence-corrected chi connectivity index (χ2v) is 5.64. The van der Waals surface area contributed by atoms with Crippen LogP contribution < -0.4 is 4.74 Å². The molecule has 1 aliphatic rings. The van der Waals surface area contributed by atoms with Gasteiger partial charge >= 0.3 is 0 Å². The van der Waals surface area contributed by atoms with Crippen molar-refractivity contribution in [2.24, 2.45) is 0 Å². The predicted octanol–water partition coefficient (Wildman–Crippen LogP) is 2.07. The number of pyridine rings is 1. The minimum Gasteiger partial charge on any atom is -0.481 e. The third-order valence-electron chi connectivity index (χ3n) is 4.10. The highest BCUT2D eigenvalue weighted by Crippen LogP contribution is 2.27. The summed E-state index contributed by atoms with van der Waals surface area (Å²) in [7, 11) is 3.32. The van der Waals surface area contributed by atoms with Gasteiger partial charge in [0.2, 0.25) is 11.8 Å². The van der Waals surface area contributed by atoms with Crippen LogP contribution in [-0.4, -0.2) is 40.3 Å². The van der Waals surface area contributed by atoms with Gasteiger partial charge in [0.25, 0.3) is 0 Å². The number of hydrogen-bond acceptors (Lipinski definition) is 4. The van der Waals surface area contributed by atoms with Crippen LogP contribution in [0.3, 0.4) is 0 Å². The van der Waals surface area contributed by atoms with E-state index in [0.29, 0.717) is 31.0 Å². The Morgan fingerprint density at radius 1 is 1.39 bits per heavy atom. The van der Waals surface area contributed by atoms with Crippen LogP contribution >= 0.6 is 0 Å². The topological polar surface area (TPSA) is 64.4 Å². The van der Waals surface area contributed by atoms with E-state index >= 15 is 0 Å². The quantitative estimate of drug-likeness (QED) is 0.867. The summed E-state index contributed by atoms with van der Waals surface area (Å²) in [6, 6.07) is 8.73. The van der Waals surface area contributed by atoms with Crippen LogP contribution in [0.25, 0.3) is 0 Å². The zero-order chi connectivity index (χ0) is 16.4. The molecular weight excluding hydrogens is 294 g/mol. The Morgan fingerprint density at radius 3 is 3.00 bits per heavy atom. The average Bonchev–Trinajstić information content (AvgIpc) is 3.05. The molecule has 1 atom stereocenters. The molecule has 6 nitrogen and oxygen atoms in total. The lowest BCUT2D eigenvalue weighted by molar-refractivity contribution is -0.134. The number of aromatic nitrogens is 2. The second kappa shape index (κ2) is 6.24. The normalized spacial score (nSPS) is 16.8. The van der Waals surface area contributed by atoms with Crippen molar-refractivity contribution in [3.8, 4) is 5.88 Å². The second-order valence-electron chi connectivity index (χ2n) is 5.64. The molecule has 3 rings (SSSR count). The SMILES string of the molecule is COc1cccc(CN(C)C(=O)C2CCC(=O)c3cccn32)n1. The Bertz CT molecular complexity index is 738. The number of ether oxygens (including phenoxy) is 1. The van der Waals surface area contributed by atoms with Crippen LogP contribution in [0.4, 0.5) is 0 Å². The van der Waals surface area contributed by atoms with Crippen molar-refractivity contribution in [1.82, 2.24) is 14.5 Å². The van der Waals surface area contributed by atoms with Gasteiger partial charge in [-0.1, -0.05) is 6.07 Å². The number of fused-ring (bicyclic) bond motifs is 1. The van der Waals surface area contributed by atoms with Crippen LogP contribution in [0, 0.1) is 0 Å². The number of methoxy groups -OCH3 is 1. The number of rotatable bonds is 4. The molecule has 6 heteroatoms. The highest BCUT2D eigenvalue weighted by molar-refractivity contribution is 5.97. The van der Waals surface area contributed by atoms with E-state index < -0.39 is 0 Å². The minimum atomic E-state index is -0.326. The molecule has 2 aromatic rings. The van der Waals surface area contributed by atoms with Crippen molar-refractivity contribution in [3.05, 3.63) is 47.9 Å². The summed E-state index contributed by atoms with van der Waals surface area (Å²) in [6.07, 6.45) is 2.74. The zero-order valence-corrected chi connectivity index (χ0v) is 13.2. The van der Waals surface area contributed by atoms with Crippen molar-refractivity contribution in [2.75, 3.05) is 14.2 Å². The van der Waals surface area contributed by atoms with Gasteiger partial charge in [0.1, 0.15) is 6.04 Å². The van der Waals surface area contributed by atoms with Gasteiger partial charge in [0, 0.05) is 25.7 Å². The summed E-state index contributed by atoms with van der Waals surface area (Å²) < 4.78 is 6.89. The average molecular weight is 313 g/mol. The van der Waals surface area contributed by atoms with Gasteiger partial charge in [-0.05, 0) is 24.6 Å². The summed E-state index contributed by atoms with van der Waals surface area (Å²) in [5.41, 5.74) is 1.38. The third-order valence-corrected chi connectivity index (χ3v) is 4.10. The maximum absolute atomic E-state index is 12.8. The number of carbonyl (C=O) groups excluding carboxylic acids is 2. The number of carbonyl (C=O) groups is 2. The van der Waals surface area contributed by atoms with Crippen LogP contribution in [0.5, 0.6) is 5.88 Å². The smallest absolute Gasteiger partial charge is 0.245 e. The van der Waals surface area contributed by atoms with Crippen LogP contribution in [0.1, 0.15) is 35.1 Å². The first kappa shape index (κ1) is 15.3. The molecule has 2 aromatic heterocycles. The lowest BCUT2D eigenvalue weighted by Crippen LogP contribution is -2.37. The van der Waals surface area contributed by atoms with E-state index in [1.54, 1.807) is 42.0 Å². The molecule has 0 radical (unpaired) electrons. The molecule has 0 aromatic carbocycles. The van der Waals surface area contributed by atoms with Gasteiger partial charge in [0.05, 0.1) is 25.0 Å². The fourth-order valence-corrected chi connectivity index (χ4v) is 2.91. The monoisotopic (exact) mass is 313 g/mol. The lowest BCUT2D eigenvalue weighted by Gasteiger charge is -2.28. The molecule has 0 fully saturated rings. The van der Waals surface area contributed by atoms with E-state index in [1.807, 2.05) is 18.2 Å². The molecule has 0 N–H and O–H groups in total. The number of Topliss-reactive ketones (excluding diaryl/α,β-unsaturated/α-hetero) is 1. The van der Waals surface area contributed by atoms with Crippen molar-refractivity contribution < 1.29 is 14.3 Å². The van der Waals surface area contributed by atoms with Crippen LogP contribution in [0.15, 0.2) is 36.5 Å². The number of nitrogens with zero attached hydrogens (tertiary/aromatic N) is 3. The summed E-state index contributed by atoms with van der Waals surface area (Å²) in [6.45, 7) is 0.400. The third kappa shape index (κ3) is 2.97.